The standard InChI is InChI=1S/C20H16ClN5OS/c1-12-6-5-9-14(15(12)21)26-19(27)17(13-7-3-2-4-8-13)28-20-16-18(23-10-22-16)24-11-25-20/h2-11,17H,1H3,(H,26,27)(H,22,23,24,25)/t17-/m0/s1. The van der Waals surface area contributed by atoms with E-state index in [2.05, 4.69) is 25.3 Å². The maximum absolute atomic E-state index is 13.2. The number of nitrogens with one attached hydrogen (secondary N) is 2. The second-order valence-corrected chi connectivity index (χ2v) is 7.59. The number of hydrogen-bond acceptors (Lipinski definition) is 5. The molecule has 0 radical (unpaired) electrons. The Balaban J connectivity index is 1.69. The van der Waals surface area contributed by atoms with Crippen molar-refractivity contribution in [3.8, 4) is 0 Å². The summed E-state index contributed by atoms with van der Waals surface area (Å²) in [6.45, 7) is 1.90. The van der Waals surface area contributed by atoms with Crippen LogP contribution in [0.1, 0.15) is 16.4 Å². The molecule has 140 valence electrons. The summed E-state index contributed by atoms with van der Waals surface area (Å²) in [6, 6.07) is 15.1. The number of benzene rings is 2. The molecule has 2 aromatic heterocycles. The van der Waals surface area contributed by atoms with E-state index in [1.165, 1.54) is 18.1 Å². The third kappa shape index (κ3) is 3.72. The SMILES string of the molecule is Cc1cccc(NC(=O)[C@@H](Sc2ncnc3nc[nH]c23)c2ccccc2)c1Cl. The molecule has 0 saturated carbocycles. The summed E-state index contributed by atoms with van der Waals surface area (Å²) in [4.78, 5) is 28.9. The zero-order chi connectivity index (χ0) is 19.5. The van der Waals surface area contributed by atoms with Gasteiger partial charge in [0.25, 0.3) is 0 Å². The number of aryl methyl sites for hydroxylation is 1. The molecule has 0 spiro atoms. The molecule has 2 N–H and O–H groups in total. The Morgan fingerprint density at radius 1 is 1.11 bits per heavy atom. The zero-order valence-corrected chi connectivity index (χ0v) is 16.5. The van der Waals surface area contributed by atoms with Gasteiger partial charge < -0.3 is 10.3 Å². The molecule has 28 heavy (non-hydrogen) atoms. The number of nitrogens with zero attached hydrogens (tertiary/aromatic N) is 3. The fraction of sp³-hybridized carbons (Fsp3) is 0.100. The van der Waals surface area contributed by atoms with Crippen LogP contribution in [-0.2, 0) is 4.79 Å². The molecule has 4 rings (SSSR count). The van der Waals surface area contributed by atoms with Crippen LogP contribution >= 0.6 is 23.4 Å². The lowest BCUT2D eigenvalue weighted by Gasteiger charge is -2.17. The summed E-state index contributed by atoms with van der Waals surface area (Å²) in [7, 11) is 0. The quantitative estimate of drug-likeness (QED) is 0.366. The van der Waals surface area contributed by atoms with Crippen LogP contribution in [-0.4, -0.2) is 25.8 Å². The average molecular weight is 410 g/mol. The van der Waals surface area contributed by atoms with Crippen LogP contribution < -0.4 is 5.32 Å². The highest BCUT2D eigenvalue weighted by molar-refractivity contribution is 8.00. The number of aromatic nitrogens is 4. The van der Waals surface area contributed by atoms with Gasteiger partial charge in [0, 0.05) is 0 Å². The molecule has 0 aliphatic heterocycles. The van der Waals surface area contributed by atoms with Crippen LogP contribution in [0.3, 0.4) is 0 Å². The van der Waals surface area contributed by atoms with Crippen molar-refractivity contribution in [3.05, 3.63) is 77.3 Å². The first kappa shape index (κ1) is 18.5. The molecule has 0 fully saturated rings. The molecule has 2 aromatic carbocycles. The topological polar surface area (TPSA) is 83.6 Å². The van der Waals surface area contributed by atoms with Crippen LogP contribution in [0, 0.1) is 6.92 Å². The number of aromatic amines is 1. The molecule has 4 aromatic rings. The minimum atomic E-state index is -0.529. The molecule has 0 aliphatic carbocycles. The molecule has 0 aliphatic rings. The number of anilines is 1. The van der Waals surface area contributed by atoms with E-state index in [0.717, 1.165) is 11.1 Å². The van der Waals surface area contributed by atoms with Gasteiger partial charge >= 0.3 is 0 Å². The molecule has 0 bridgehead atoms. The normalized spacial score (nSPS) is 12.1. The van der Waals surface area contributed by atoms with Crippen molar-refractivity contribution in [2.75, 3.05) is 5.32 Å². The number of amides is 1. The lowest BCUT2D eigenvalue weighted by molar-refractivity contribution is -0.115. The first-order chi connectivity index (χ1) is 13.6. The van der Waals surface area contributed by atoms with Crippen LogP contribution in [0.5, 0.6) is 0 Å². The fourth-order valence-corrected chi connectivity index (χ4v) is 4.02. The van der Waals surface area contributed by atoms with Gasteiger partial charge in [-0.3, -0.25) is 4.79 Å². The van der Waals surface area contributed by atoms with Crippen molar-refractivity contribution < 1.29 is 4.79 Å². The van der Waals surface area contributed by atoms with Gasteiger partial charge in [-0.25, -0.2) is 15.0 Å². The average Bonchev–Trinajstić information content (AvgIpc) is 3.20. The first-order valence-electron chi connectivity index (χ1n) is 8.55. The maximum Gasteiger partial charge on any atom is 0.242 e. The van der Waals surface area contributed by atoms with Crippen LogP contribution in [0.2, 0.25) is 5.02 Å². The largest absolute Gasteiger partial charge is 0.341 e. The number of hydrogen-bond donors (Lipinski definition) is 2. The Hall–Kier alpha value is -2.90. The molecule has 1 amide bonds. The van der Waals surface area contributed by atoms with E-state index in [4.69, 9.17) is 11.6 Å². The van der Waals surface area contributed by atoms with Crippen LogP contribution in [0.25, 0.3) is 11.2 Å². The number of imidazole rings is 1. The Bertz CT molecular complexity index is 1130. The lowest BCUT2D eigenvalue weighted by Crippen LogP contribution is -2.19. The number of halogens is 1. The number of carbonyl (C=O) groups is 1. The Morgan fingerprint density at radius 2 is 1.93 bits per heavy atom. The molecule has 0 saturated heterocycles. The van der Waals surface area contributed by atoms with Gasteiger partial charge in [-0.2, -0.15) is 0 Å². The number of fused-ring (bicyclic) bond motifs is 1. The number of carbonyl (C=O) groups excluding carboxylic acids is 1. The van der Waals surface area contributed by atoms with Gasteiger partial charge in [0.05, 0.1) is 17.0 Å². The summed E-state index contributed by atoms with van der Waals surface area (Å²) >= 11 is 7.69. The molecule has 0 unspecified atom stereocenters. The van der Waals surface area contributed by atoms with E-state index in [1.807, 2.05) is 49.4 Å². The Labute approximate surface area is 170 Å². The van der Waals surface area contributed by atoms with E-state index in [9.17, 15) is 4.79 Å². The monoisotopic (exact) mass is 409 g/mol. The van der Waals surface area contributed by atoms with E-state index < -0.39 is 5.25 Å². The first-order valence-corrected chi connectivity index (χ1v) is 9.81. The van der Waals surface area contributed by atoms with Crippen molar-refractivity contribution in [2.45, 2.75) is 17.2 Å². The molecule has 2 heterocycles. The molecule has 6 nitrogen and oxygen atoms in total. The van der Waals surface area contributed by atoms with E-state index in [-0.39, 0.29) is 5.91 Å². The highest BCUT2D eigenvalue weighted by Gasteiger charge is 2.25. The van der Waals surface area contributed by atoms with Gasteiger partial charge in [0.2, 0.25) is 5.91 Å². The minimum absolute atomic E-state index is 0.185. The van der Waals surface area contributed by atoms with Crippen molar-refractivity contribution in [3.63, 3.8) is 0 Å². The van der Waals surface area contributed by atoms with Gasteiger partial charge in [-0.15, -0.1) is 0 Å². The Morgan fingerprint density at radius 3 is 2.75 bits per heavy atom. The number of H-pyrrole nitrogens is 1. The van der Waals surface area contributed by atoms with Gasteiger partial charge in [-0.05, 0) is 24.1 Å². The lowest BCUT2D eigenvalue weighted by atomic mass is 10.1. The van der Waals surface area contributed by atoms with Crippen molar-refractivity contribution in [1.82, 2.24) is 19.9 Å². The second kappa shape index (κ2) is 8.00. The third-order valence-electron chi connectivity index (χ3n) is 4.21. The summed E-state index contributed by atoms with van der Waals surface area (Å²) in [5.74, 6) is -0.185. The predicted molar refractivity (Wildman–Crippen MR) is 112 cm³/mol. The number of rotatable bonds is 5. The van der Waals surface area contributed by atoms with Gasteiger partial charge in [0.1, 0.15) is 22.1 Å². The summed E-state index contributed by atoms with van der Waals surface area (Å²) < 4.78 is 0. The van der Waals surface area contributed by atoms with E-state index in [1.54, 1.807) is 12.4 Å². The van der Waals surface area contributed by atoms with Gasteiger partial charge in [0.15, 0.2) is 5.65 Å². The highest BCUT2D eigenvalue weighted by atomic mass is 35.5. The van der Waals surface area contributed by atoms with Crippen LogP contribution in [0.4, 0.5) is 5.69 Å². The predicted octanol–water partition coefficient (Wildman–Crippen LogP) is 4.79. The Kier molecular flexibility index (Phi) is 5.27. The third-order valence-corrected chi connectivity index (χ3v) is 5.96. The van der Waals surface area contributed by atoms with Crippen molar-refractivity contribution >= 4 is 46.1 Å². The highest BCUT2D eigenvalue weighted by Crippen LogP contribution is 2.38. The summed E-state index contributed by atoms with van der Waals surface area (Å²) in [5, 5.41) is 3.61. The van der Waals surface area contributed by atoms with Crippen molar-refractivity contribution in [2.24, 2.45) is 0 Å². The van der Waals surface area contributed by atoms with Crippen molar-refractivity contribution in [1.29, 1.82) is 0 Å². The number of thioether (sulfide) groups is 1. The molecular weight excluding hydrogens is 394 g/mol. The minimum Gasteiger partial charge on any atom is -0.341 e. The fourth-order valence-electron chi connectivity index (χ4n) is 2.79. The van der Waals surface area contributed by atoms with E-state index in [0.29, 0.717) is 26.9 Å². The van der Waals surface area contributed by atoms with Gasteiger partial charge in [-0.1, -0.05) is 65.8 Å². The maximum atomic E-state index is 13.2. The molecule has 1 atom stereocenters. The van der Waals surface area contributed by atoms with Crippen LogP contribution in [0.15, 0.2) is 66.2 Å². The second-order valence-electron chi connectivity index (χ2n) is 6.11. The zero-order valence-electron chi connectivity index (χ0n) is 14.9. The molecule has 8 heteroatoms. The summed E-state index contributed by atoms with van der Waals surface area (Å²) in [5.41, 5.74) is 3.61. The molecular formula is C20H16ClN5OS. The van der Waals surface area contributed by atoms with E-state index >= 15 is 0 Å². The summed E-state index contributed by atoms with van der Waals surface area (Å²) in [6.07, 6.45) is 3.01. The smallest absolute Gasteiger partial charge is 0.242 e.